The van der Waals surface area contributed by atoms with Gasteiger partial charge in [-0.2, -0.15) is 5.26 Å². The average molecular weight is 241 g/mol. The molecule has 0 amide bonds. The van der Waals surface area contributed by atoms with E-state index in [-0.39, 0.29) is 11.3 Å². The Bertz CT molecular complexity index is 409. The van der Waals surface area contributed by atoms with Crippen LogP contribution in [0.5, 0.6) is 0 Å². The van der Waals surface area contributed by atoms with Crippen molar-refractivity contribution < 1.29 is 4.92 Å². The number of rotatable bonds is 1. The number of nitro groups is 1. The van der Waals surface area contributed by atoms with Crippen molar-refractivity contribution in [1.29, 1.82) is 5.26 Å². The van der Waals surface area contributed by atoms with Crippen molar-refractivity contribution in [1.82, 2.24) is 0 Å². The zero-order valence-electron chi connectivity index (χ0n) is 6.74. The summed E-state index contributed by atoms with van der Waals surface area (Å²) in [6.45, 7) is 1.77. The van der Waals surface area contributed by atoms with E-state index in [4.69, 9.17) is 5.26 Å². The lowest BCUT2D eigenvalue weighted by atomic mass is 10.1. The molecular weight excluding hydrogens is 236 g/mol. The summed E-state index contributed by atoms with van der Waals surface area (Å²) in [4.78, 5) is 9.97. The van der Waals surface area contributed by atoms with Crippen molar-refractivity contribution in [2.75, 3.05) is 0 Å². The molecule has 13 heavy (non-hydrogen) atoms. The number of halogens is 1. The van der Waals surface area contributed by atoms with Crippen LogP contribution in [0.3, 0.4) is 0 Å². The van der Waals surface area contributed by atoms with Gasteiger partial charge in [-0.25, -0.2) is 0 Å². The normalized spacial score (nSPS) is 9.31. The van der Waals surface area contributed by atoms with E-state index in [0.717, 1.165) is 5.56 Å². The Hall–Kier alpha value is -1.41. The summed E-state index contributed by atoms with van der Waals surface area (Å²) in [5.41, 5.74) is 0.721. The van der Waals surface area contributed by atoms with Gasteiger partial charge in [0, 0.05) is 0 Å². The number of hydrogen-bond donors (Lipinski definition) is 0. The smallest absolute Gasteiger partial charge is 0.258 e. The Morgan fingerprint density at radius 2 is 2.23 bits per heavy atom. The fourth-order valence-electron chi connectivity index (χ4n) is 1.01. The van der Waals surface area contributed by atoms with Gasteiger partial charge < -0.3 is 0 Å². The van der Waals surface area contributed by atoms with Crippen LogP contribution in [0.2, 0.25) is 0 Å². The number of benzene rings is 1. The molecule has 0 saturated carbocycles. The molecule has 0 aliphatic carbocycles. The molecular formula is C8H5BrN2O2. The van der Waals surface area contributed by atoms with Gasteiger partial charge in [-0.05, 0) is 40.5 Å². The zero-order valence-corrected chi connectivity index (χ0v) is 8.33. The Morgan fingerprint density at radius 1 is 1.62 bits per heavy atom. The lowest BCUT2D eigenvalue weighted by molar-refractivity contribution is -0.386. The van der Waals surface area contributed by atoms with E-state index in [9.17, 15) is 10.1 Å². The van der Waals surface area contributed by atoms with Crippen molar-refractivity contribution in [2.24, 2.45) is 0 Å². The third-order valence-electron chi connectivity index (χ3n) is 1.51. The minimum Gasteiger partial charge on any atom is -0.258 e. The molecule has 0 fully saturated rings. The molecule has 0 N–H and O–H groups in total. The maximum Gasteiger partial charge on any atom is 0.301 e. The molecule has 1 aromatic carbocycles. The van der Waals surface area contributed by atoms with Crippen LogP contribution >= 0.6 is 15.9 Å². The molecule has 0 radical (unpaired) electrons. The van der Waals surface area contributed by atoms with E-state index < -0.39 is 4.92 Å². The van der Waals surface area contributed by atoms with Crippen LogP contribution in [-0.2, 0) is 0 Å². The van der Waals surface area contributed by atoms with Gasteiger partial charge in [0.25, 0.3) is 0 Å². The minimum absolute atomic E-state index is 0.0804. The van der Waals surface area contributed by atoms with Gasteiger partial charge in [-0.1, -0.05) is 0 Å². The van der Waals surface area contributed by atoms with Gasteiger partial charge in [0.15, 0.2) is 0 Å². The van der Waals surface area contributed by atoms with Crippen molar-refractivity contribution in [2.45, 2.75) is 6.92 Å². The van der Waals surface area contributed by atoms with E-state index >= 15 is 0 Å². The first-order valence-corrected chi connectivity index (χ1v) is 4.20. The van der Waals surface area contributed by atoms with Crippen molar-refractivity contribution in [3.63, 3.8) is 0 Å². The van der Waals surface area contributed by atoms with Gasteiger partial charge in [-0.3, -0.25) is 10.1 Å². The first-order valence-electron chi connectivity index (χ1n) is 3.41. The Balaban J connectivity index is 3.50. The van der Waals surface area contributed by atoms with E-state index in [0.29, 0.717) is 4.47 Å². The van der Waals surface area contributed by atoms with Crippen LogP contribution in [-0.4, -0.2) is 4.92 Å². The molecule has 66 valence electrons. The molecule has 0 bridgehead atoms. The molecule has 4 nitrogen and oxygen atoms in total. The molecule has 0 aliphatic rings. The number of nitriles is 1. The molecule has 0 aliphatic heterocycles. The van der Waals surface area contributed by atoms with Gasteiger partial charge in [0.05, 0.1) is 9.40 Å². The first kappa shape index (κ1) is 9.68. The van der Waals surface area contributed by atoms with Gasteiger partial charge in [0.2, 0.25) is 0 Å². The highest BCUT2D eigenvalue weighted by Gasteiger charge is 2.18. The number of aryl methyl sites for hydroxylation is 1. The Kier molecular flexibility index (Phi) is 2.63. The number of hydrogen-bond acceptors (Lipinski definition) is 3. The van der Waals surface area contributed by atoms with Crippen molar-refractivity contribution in [3.8, 4) is 6.07 Å². The fourth-order valence-corrected chi connectivity index (χ4v) is 1.72. The largest absolute Gasteiger partial charge is 0.301 e. The highest BCUT2D eigenvalue weighted by molar-refractivity contribution is 9.10. The third kappa shape index (κ3) is 1.84. The molecule has 0 aromatic heterocycles. The van der Waals surface area contributed by atoms with Crippen LogP contribution in [0.4, 0.5) is 5.69 Å². The molecule has 1 aromatic rings. The highest BCUT2D eigenvalue weighted by atomic mass is 79.9. The van der Waals surface area contributed by atoms with Gasteiger partial charge in [0.1, 0.15) is 11.6 Å². The van der Waals surface area contributed by atoms with E-state index in [1.165, 1.54) is 6.07 Å². The molecule has 0 unspecified atom stereocenters. The first-order chi connectivity index (χ1) is 6.06. The average Bonchev–Trinajstić information content (AvgIpc) is 2.01. The predicted molar refractivity (Wildman–Crippen MR) is 50.2 cm³/mol. The lowest BCUT2D eigenvalue weighted by Gasteiger charge is -1.99. The highest BCUT2D eigenvalue weighted by Crippen LogP contribution is 2.29. The zero-order chi connectivity index (χ0) is 10.0. The lowest BCUT2D eigenvalue weighted by Crippen LogP contribution is -1.94. The topological polar surface area (TPSA) is 66.9 Å². The Morgan fingerprint density at radius 3 is 2.69 bits per heavy atom. The van der Waals surface area contributed by atoms with E-state index in [1.54, 1.807) is 19.1 Å². The molecule has 5 heteroatoms. The third-order valence-corrected chi connectivity index (χ3v) is 2.12. The molecule has 1 rings (SSSR count). The standard InChI is InChI=1S/C8H5BrN2O2/c1-5-2-6(4-10)8(11(12)13)7(9)3-5/h2-3H,1H3. The monoisotopic (exact) mass is 240 g/mol. The SMILES string of the molecule is Cc1cc(Br)c([N+](=O)[O-])c(C#N)c1. The van der Waals surface area contributed by atoms with Gasteiger partial charge in [-0.15, -0.1) is 0 Å². The molecule has 0 heterocycles. The van der Waals surface area contributed by atoms with E-state index in [1.807, 2.05) is 0 Å². The molecule has 0 atom stereocenters. The maximum absolute atomic E-state index is 10.5. The number of nitro benzene ring substituents is 1. The minimum atomic E-state index is -0.567. The quantitative estimate of drug-likeness (QED) is 0.560. The van der Waals surface area contributed by atoms with Crippen LogP contribution in [0.25, 0.3) is 0 Å². The summed E-state index contributed by atoms with van der Waals surface area (Å²) in [7, 11) is 0. The maximum atomic E-state index is 10.5. The van der Waals surface area contributed by atoms with Gasteiger partial charge >= 0.3 is 5.69 Å². The summed E-state index contributed by atoms with van der Waals surface area (Å²) in [6, 6.07) is 4.89. The van der Waals surface area contributed by atoms with Crippen LogP contribution in [0.1, 0.15) is 11.1 Å². The van der Waals surface area contributed by atoms with Crippen LogP contribution in [0, 0.1) is 28.4 Å². The second-order valence-corrected chi connectivity index (χ2v) is 3.37. The summed E-state index contributed by atoms with van der Waals surface area (Å²) < 4.78 is 0.342. The predicted octanol–water partition coefficient (Wildman–Crippen LogP) is 2.54. The second-order valence-electron chi connectivity index (χ2n) is 2.51. The van der Waals surface area contributed by atoms with Crippen LogP contribution in [0.15, 0.2) is 16.6 Å². The summed E-state index contributed by atoms with van der Waals surface area (Å²) >= 11 is 3.05. The van der Waals surface area contributed by atoms with Crippen molar-refractivity contribution >= 4 is 21.6 Å². The summed E-state index contributed by atoms with van der Waals surface area (Å²) in [6.07, 6.45) is 0. The van der Waals surface area contributed by atoms with Crippen molar-refractivity contribution in [3.05, 3.63) is 37.8 Å². The fraction of sp³-hybridized carbons (Fsp3) is 0.125. The Labute approximate surface area is 83.1 Å². The summed E-state index contributed by atoms with van der Waals surface area (Å²) in [5.74, 6) is 0. The molecule has 0 saturated heterocycles. The summed E-state index contributed by atoms with van der Waals surface area (Å²) in [5, 5.41) is 19.2. The van der Waals surface area contributed by atoms with Crippen LogP contribution < -0.4 is 0 Å². The number of nitrogens with zero attached hydrogens (tertiary/aromatic N) is 2. The molecule has 0 spiro atoms. The van der Waals surface area contributed by atoms with E-state index in [2.05, 4.69) is 15.9 Å². The second kappa shape index (κ2) is 3.54.